The molecule has 2 aromatic rings. The van der Waals surface area contributed by atoms with Gasteiger partial charge in [0, 0.05) is 36.6 Å². The summed E-state index contributed by atoms with van der Waals surface area (Å²) in [7, 11) is 1.69. The number of hydrogen-bond acceptors (Lipinski definition) is 8. The van der Waals surface area contributed by atoms with Crippen LogP contribution in [0.3, 0.4) is 0 Å². The molecule has 37 heavy (non-hydrogen) atoms. The molecule has 0 spiro atoms. The van der Waals surface area contributed by atoms with Crippen LogP contribution in [0.4, 0.5) is 9.59 Å². The number of urea groups is 1. The summed E-state index contributed by atoms with van der Waals surface area (Å²) in [6.07, 6.45) is 2.50. The minimum Gasteiger partial charge on any atom is -0.444 e. The van der Waals surface area contributed by atoms with Crippen LogP contribution in [0.25, 0.3) is 0 Å². The first-order valence-corrected chi connectivity index (χ1v) is 14.3. The van der Waals surface area contributed by atoms with Crippen LogP contribution in [0.2, 0.25) is 0 Å². The maximum atomic E-state index is 13.0. The van der Waals surface area contributed by atoms with Gasteiger partial charge in [-0.2, -0.15) is 0 Å². The smallest absolute Gasteiger partial charge is 0.407 e. The first-order chi connectivity index (χ1) is 17.5. The Labute approximate surface area is 227 Å². The molecule has 1 unspecified atom stereocenters. The molecule has 0 aliphatic rings. The third kappa shape index (κ3) is 10.6. The van der Waals surface area contributed by atoms with E-state index in [-0.39, 0.29) is 36.5 Å². The van der Waals surface area contributed by atoms with Crippen molar-refractivity contribution in [2.75, 3.05) is 7.05 Å². The van der Waals surface area contributed by atoms with E-state index in [1.165, 1.54) is 16.2 Å². The molecule has 0 saturated carbocycles. The molecule has 2 rings (SSSR count). The minimum atomic E-state index is -0.670. The van der Waals surface area contributed by atoms with Crippen molar-refractivity contribution in [3.05, 3.63) is 32.7 Å². The van der Waals surface area contributed by atoms with Gasteiger partial charge in [-0.15, -0.1) is 22.7 Å². The van der Waals surface area contributed by atoms with Gasteiger partial charge in [0.15, 0.2) is 0 Å². The molecular weight excluding hydrogens is 512 g/mol. The Hall–Kier alpha value is -2.73. The fraction of sp³-hybridized carbons (Fsp3) is 0.640. The standard InChI is InChI=1S/C25H40N6O4S2/c1-15(2)21(30-24(33)31(7)11-19-13-36-23(29-19)16(3)4)22(32)27-17(5)8-9-18(6)28-25(34)35-12-20-10-26-14-37-20/h10,13-18,21H,8-9,11-12H2,1-7H3,(H,27,32)(H,28,34)(H,30,33)/t17-,18-,21?/m0/s1. The molecule has 0 saturated heterocycles. The molecule has 12 heteroatoms. The number of hydrogen-bond donors (Lipinski definition) is 3. The number of thiazole rings is 2. The molecule has 3 N–H and O–H groups in total. The number of ether oxygens (including phenoxy) is 1. The molecule has 206 valence electrons. The second-order valence-corrected chi connectivity index (χ2v) is 11.8. The lowest BCUT2D eigenvalue weighted by atomic mass is 10.0. The Morgan fingerprint density at radius 3 is 2.24 bits per heavy atom. The van der Waals surface area contributed by atoms with Crippen LogP contribution in [0.15, 0.2) is 17.1 Å². The van der Waals surface area contributed by atoms with Crippen LogP contribution >= 0.6 is 22.7 Å². The zero-order chi connectivity index (χ0) is 27.5. The van der Waals surface area contributed by atoms with Crippen LogP contribution in [-0.2, 0) is 22.7 Å². The minimum absolute atomic E-state index is 0.0923. The Bertz CT molecular complexity index is 995. The average molecular weight is 553 g/mol. The third-order valence-corrected chi connectivity index (χ3v) is 7.60. The Morgan fingerprint density at radius 2 is 1.68 bits per heavy atom. The first-order valence-electron chi connectivity index (χ1n) is 12.5. The van der Waals surface area contributed by atoms with Crippen LogP contribution in [-0.4, -0.2) is 58.1 Å². The van der Waals surface area contributed by atoms with Crippen molar-refractivity contribution >= 4 is 40.7 Å². The van der Waals surface area contributed by atoms with Crippen molar-refractivity contribution in [1.29, 1.82) is 0 Å². The molecule has 10 nitrogen and oxygen atoms in total. The number of carbonyl (C=O) groups excluding carboxylic acids is 3. The molecule has 0 radical (unpaired) electrons. The van der Waals surface area contributed by atoms with E-state index in [1.807, 2.05) is 33.1 Å². The van der Waals surface area contributed by atoms with E-state index >= 15 is 0 Å². The fourth-order valence-electron chi connectivity index (χ4n) is 3.42. The van der Waals surface area contributed by atoms with Crippen molar-refractivity contribution in [2.24, 2.45) is 5.92 Å². The molecule has 0 bridgehead atoms. The highest BCUT2D eigenvalue weighted by Crippen LogP contribution is 2.20. The summed E-state index contributed by atoms with van der Waals surface area (Å²) in [6, 6.07) is -1.25. The lowest BCUT2D eigenvalue weighted by molar-refractivity contribution is -0.124. The van der Waals surface area contributed by atoms with Gasteiger partial charge in [-0.3, -0.25) is 9.78 Å². The second kappa shape index (κ2) is 14.9. The zero-order valence-electron chi connectivity index (χ0n) is 22.7. The number of alkyl carbamates (subject to hydrolysis) is 1. The van der Waals surface area contributed by atoms with Crippen molar-refractivity contribution in [1.82, 2.24) is 30.8 Å². The molecule has 0 aliphatic heterocycles. The number of rotatable bonds is 13. The van der Waals surface area contributed by atoms with Gasteiger partial charge in [0.05, 0.1) is 27.6 Å². The van der Waals surface area contributed by atoms with E-state index in [2.05, 4.69) is 39.8 Å². The van der Waals surface area contributed by atoms with Gasteiger partial charge < -0.3 is 25.6 Å². The first kappa shape index (κ1) is 30.5. The monoisotopic (exact) mass is 552 g/mol. The highest BCUT2D eigenvalue weighted by Gasteiger charge is 2.27. The van der Waals surface area contributed by atoms with E-state index in [0.29, 0.717) is 25.3 Å². The Balaban J connectivity index is 1.76. The summed E-state index contributed by atoms with van der Waals surface area (Å²) in [4.78, 5) is 48.7. The van der Waals surface area contributed by atoms with Crippen LogP contribution in [0, 0.1) is 5.92 Å². The second-order valence-electron chi connectivity index (χ2n) is 9.94. The number of nitrogens with zero attached hydrogens (tertiary/aromatic N) is 3. The van der Waals surface area contributed by atoms with Crippen molar-refractivity contribution in [3.63, 3.8) is 0 Å². The van der Waals surface area contributed by atoms with E-state index in [1.54, 1.807) is 30.1 Å². The quantitative estimate of drug-likeness (QED) is 0.336. The van der Waals surface area contributed by atoms with Crippen LogP contribution in [0.1, 0.15) is 75.9 Å². The maximum absolute atomic E-state index is 13.0. The summed E-state index contributed by atoms with van der Waals surface area (Å²) in [5.41, 5.74) is 2.52. The Morgan fingerprint density at radius 1 is 1.00 bits per heavy atom. The van der Waals surface area contributed by atoms with Gasteiger partial charge in [-0.1, -0.05) is 27.7 Å². The lowest BCUT2D eigenvalue weighted by Gasteiger charge is -2.27. The molecule has 3 atom stereocenters. The summed E-state index contributed by atoms with van der Waals surface area (Å²) < 4.78 is 5.19. The average Bonchev–Trinajstić information content (AvgIpc) is 3.51. The largest absolute Gasteiger partial charge is 0.444 e. The van der Waals surface area contributed by atoms with Crippen molar-refractivity contribution in [3.8, 4) is 0 Å². The summed E-state index contributed by atoms with van der Waals surface area (Å²) >= 11 is 3.01. The van der Waals surface area contributed by atoms with Gasteiger partial charge in [-0.05, 0) is 32.6 Å². The molecular formula is C25H40N6O4S2. The fourth-order valence-corrected chi connectivity index (χ4v) is 4.76. The van der Waals surface area contributed by atoms with Gasteiger partial charge in [0.2, 0.25) is 5.91 Å². The third-order valence-electron chi connectivity index (χ3n) is 5.65. The van der Waals surface area contributed by atoms with Crippen LogP contribution in [0.5, 0.6) is 0 Å². The van der Waals surface area contributed by atoms with Crippen LogP contribution < -0.4 is 16.0 Å². The molecule has 0 aromatic carbocycles. The molecule has 0 fully saturated rings. The highest BCUT2D eigenvalue weighted by atomic mass is 32.1. The summed E-state index contributed by atoms with van der Waals surface area (Å²) in [5, 5.41) is 11.7. The van der Waals surface area contributed by atoms with Gasteiger partial charge in [0.25, 0.3) is 0 Å². The predicted octanol–water partition coefficient (Wildman–Crippen LogP) is 4.49. The number of nitrogens with one attached hydrogen (secondary N) is 3. The van der Waals surface area contributed by atoms with Gasteiger partial charge in [-0.25, -0.2) is 14.6 Å². The van der Waals surface area contributed by atoms with Gasteiger partial charge in [0.1, 0.15) is 12.6 Å². The van der Waals surface area contributed by atoms with Crippen molar-refractivity contribution < 1.29 is 19.1 Å². The van der Waals surface area contributed by atoms with Crippen molar-refractivity contribution in [2.45, 2.75) is 91.6 Å². The predicted molar refractivity (Wildman–Crippen MR) is 147 cm³/mol. The van der Waals surface area contributed by atoms with E-state index < -0.39 is 12.1 Å². The lowest BCUT2D eigenvalue weighted by Crippen LogP contribution is -2.54. The topological polar surface area (TPSA) is 126 Å². The number of aromatic nitrogens is 2. The molecule has 4 amide bonds. The zero-order valence-corrected chi connectivity index (χ0v) is 24.4. The molecule has 2 heterocycles. The normalized spacial score (nSPS) is 13.6. The summed E-state index contributed by atoms with van der Waals surface area (Å²) in [6.45, 7) is 12.3. The van der Waals surface area contributed by atoms with E-state index in [0.717, 1.165) is 15.6 Å². The van der Waals surface area contributed by atoms with Gasteiger partial charge >= 0.3 is 12.1 Å². The molecule has 0 aliphatic carbocycles. The molecule has 2 aromatic heterocycles. The SMILES string of the molecule is CC(C)c1nc(CN(C)C(=O)NC(C(=O)N[C@@H](C)CC[C@H](C)NC(=O)OCc2cncs2)C(C)C)cs1. The summed E-state index contributed by atoms with van der Waals surface area (Å²) in [5.74, 6) is 0.0190. The number of amides is 4. The highest BCUT2D eigenvalue weighted by molar-refractivity contribution is 7.09. The maximum Gasteiger partial charge on any atom is 0.407 e. The number of carbonyl (C=O) groups is 3. The Kier molecular flexibility index (Phi) is 12.3. The van der Waals surface area contributed by atoms with E-state index in [4.69, 9.17) is 4.74 Å². The van der Waals surface area contributed by atoms with E-state index in [9.17, 15) is 14.4 Å².